The summed E-state index contributed by atoms with van der Waals surface area (Å²) in [4.78, 5) is 0. The molecule has 2 aliphatic rings. The van der Waals surface area contributed by atoms with Gasteiger partial charge in [0.1, 0.15) is 0 Å². The van der Waals surface area contributed by atoms with Gasteiger partial charge in [-0.05, 0) is 57.3 Å². The smallest absolute Gasteiger partial charge is 0.0158 e. The molecule has 0 radical (unpaired) electrons. The first kappa shape index (κ1) is 24.7. The van der Waals surface area contributed by atoms with E-state index in [0.717, 1.165) is 12.8 Å². The average molecular weight is 459 g/mol. The third kappa shape index (κ3) is 4.50. The molecule has 0 heteroatoms. The van der Waals surface area contributed by atoms with Gasteiger partial charge in [0.2, 0.25) is 0 Å². The van der Waals surface area contributed by atoms with Crippen molar-refractivity contribution in [2.24, 2.45) is 0 Å². The number of fused-ring (bicyclic) bond motifs is 4. The van der Waals surface area contributed by atoms with E-state index < -0.39 is 0 Å². The second-order valence-corrected chi connectivity index (χ2v) is 10.6. The molecule has 0 spiro atoms. The van der Waals surface area contributed by atoms with Crippen LogP contribution in [0.2, 0.25) is 0 Å². The van der Waals surface area contributed by atoms with Crippen LogP contribution in [0.15, 0.2) is 97.1 Å². The molecular formula is C35H38. The van der Waals surface area contributed by atoms with E-state index in [1.165, 1.54) is 44.5 Å². The highest BCUT2D eigenvalue weighted by Gasteiger charge is 2.30. The molecular weight excluding hydrogens is 420 g/mol. The summed E-state index contributed by atoms with van der Waals surface area (Å²) in [6, 6.07) is 35.1. The van der Waals surface area contributed by atoms with Crippen LogP contribution in [0.3, 0.4) is 0 Å². The molecule has 35 heavy (non-hydrogen) atoms. The lowest BCUT2D eigenvalue weighted by Crippen LogP contribution is -2.20. The van der Waals surface area contributed by atoms with Crippen molar-refractivity contribution in [1.82, 2.24) is 0 Å². The van der Waals surface area contributed by atoms with Gasteiger partial charge < -0.3 is 0 Å². The van der Waals surface area contributed by atoms with Crippen LogP contribution in [-0.4, -0.2) is 0 Å². The van der Waals surface area contributed by atoms with E-state index in [-0.39, 0.29) is 18.3 Å². The van der Waals surface area contributed by atoms with E-state index >= 15 is 0 Å². The minimum absolute atomic E-state index is 0. The van der Waals surface area contributed by atoms with Crippen LogP contribution in [-0.2, 0) is 23.7 Å². The van der Waals surface area contributed by atoms with Crippen molar-refractivity contribution < 1.29 is 0 Å². The highest BCUT2D eigenvalue weighted by molar-refractivity contribution is 5.77. The van der Waals surface area contributed by atoms with E-state index in [4.69, 9.17) is 0 Å². The van der Waals surface area contributed by atoms with E-state index in [2.05, 4.69) is 137 Å². The first-order valence-electron chi connectivity index (χ1n) is 12.4. The Hall–Kier alpha value is -3.38. The molecule has 0 bridgehead atoms. The Morgan fingerprint density at radius 1 is 0.429 bits per heavy atom. The van der Waals surface area contributed by atoms with Crippen molar-refractivity contribution in [1.29, 1.82) is 0 Å². The Kier molecular flexibility index (Phi) is 6.86. The van der Waals surface area contributed by atoms with Gasteiger partial charge in [0.05, 0.1) is 0 Å². The maximum Gasteiger partial charge on any atom is 0.0158 e. The summed E-state index contributed by atoms with van der Waals surface area (Å²) in [6.07, 6.45) is 6.78. The largest absolute Gasteiger partial charge is 0.0776 e. The van der Waals surface area contributed by atoms with Crippen molar-refractivity contribution in [2.75, 3.05) is 0 Å². The van der Waals surface area contributed by atoms with Crippen molar-refractivity contribution in [3.63, 3.8) is 0 Å². The minimum atomic E-state index is 0. The van der Waals surface area contributed by atoms with Crippen LogP contribution < -0.4 is 0 Å². The normalized spacial score (nSPS) is 15.9. The maximum atomic E-state index is 2.34. The number of hydrogen-bond acceptors (Lipinski definition) is 0. The van der Waals surface area contributed by atoms with Gasteiger partial charge in [0.25, 0.3) is 0 Å². The van der Waals surface area contributed by atoms with Gasteiger partial charge in [-0.15, -0.1) is 0 Å². The zero-order valence-electron chi connectivity index (χ0n) is 20.8. The first-order chi connectivity index (χ1) is 16.4. The summed E-state index contributed by atoms with van der Waals surface area (Å²) in [7, 11) is 0. The Labute approximate surface area is 212 Å². The number of benzene rings is 4. The lowest BCUT2D eigenvalue weighted by molar-refractivity contribution is 0.636. The number of hydrogen-bond donors (Lipinski definition) is 0. The molecule has 0 amide bonds. The summed E-state index contributed by atoms with van der Waals surface area (Å²) < 4.78 is 0. The Balaban J connectivity index is 0.000000160. The topological polar surface area (TPSA) is 0 Å². The Bertz CT molecular complexity index is 1250. The monoisotopic (exact) mass is 458 g/mol. The Morgan fingerprint density at radius 3 is 1.17 bits per heavy atom. The average Bonchev–Trinajstić information content (AvgIpc) is 3.05. The van der Waals surface area contributed by atoms with Gasteiger partial charge in [0.15, 0.2) is 0 Å². The fraction of sp³-hybridized carbons (Fsp3) is 0.257. The highest BCUT2D eigenvalue weighted by Crippen LogP contribution is 2.40. The van der Waals surface area contributed by atoms with Crippen molar-refractivity contribution in [2.45, 2.75) is 58.8 Å². The molecule has 0 aromatic heterocycles. The maximum absolute atomic E-state index is 2.34. The van der Waals surface area contributed by atoms with Crippen molar-refractivity contribution in [3.05, 3.63) is 142 Å². The lowest BCUT2D eigenvalue weighted by Gasteiger charge is -2.28. The number of rotatable bonds is 0. The van der Waals surface area contributed by atoms with Crippen molar-refractivity contribution in [3.8, 4) is 0 Å². The molecule has 0 aliphatic heterocycles. The zero-order chi connectivity index (χ0) is 23.8. The van der Waals surface area contributed by atoms with E-state index in [1.54, 1.807) is 0 Å². The number of aryl methyl sites for hydroxylation is 2. The van der Waals surface area contributed by atoms with E-state index in [1.807, 2.05) is 0 Å². The van der Waals surface area contributed by atoms with Crippen LogP contribution in [0.25, 0.3) is 12.2 Å². The molecule has 0 fully saturated rings. The first-order valence-corrected chi connectivity index (χ1v) is 12.4. The van der Waals surface area contributed by atoms with Gasteiger partial charge in [-0.25, -0.2) is 0 Å². The standard InChI is InChI=1S/C17H18.C17H16.CH4/c2*1-17(2)15-9-5-3-7-13(15)11-12-14-8-4-6-10-16(14)17;/h3-10H,11-12H2,1-2H3;3-12H,1-2H3;1H4. The molecule has 0 atom stereocenters. The van der Waals surface area contributed by atoms with E-state index in [0.29, 0.717) is 0 Å². The molecule has 0 N–H and O–H groups in total. The van der Waals surface area contributed by atoms with Crippen LogP contribution in [0.5, 0.6) is 0 Å². The summed E-state index contributed by atoms with van der Waals surface area (Å²) in [5.41, 5.74) is 11.7. The second-order valence-electron chi connectivity index (χ2n) is 10.6. The van der Waals surface area contributed by atoms with E-state index in [9.17, 15) is 0 Å². The molecule has 0 saturated heterocycles. The third-order valence-electron chi connectivity index (χ3n) is 7.76. The van der Waals surface area contributed by atoms with Crippen LogP contribution in [0.1, 0.15) is 79.6 Å². The predicted octanol–water partition coefficient (Wildman–Crippen LogP) is 9.24. The molecule has 178 valence electrons. The van der Waals surface area contributed by atoms with Gasteiger partial charge in [0, 0.05) is 10.8 Å². The fourth-order valence-electron chi connectivity index (χ4n) is 5.86. The predicted molar refractivity (Wildman–Crippen MR) is 153 cm³/mol. The molecule has 0 nitrogen and oxygen atoms in total. The summed E-state index contributed by atoms with van der Waals surface area (Å²) in [5, 5.41) is 0. The minimum Gasteiger partial charge on any atom is -0.0776 e. The van der Waals surface area contributed by atoms with Gasteiger partial charge in [-0.3, -0.25) is 0 Å². The Morgan fingerprint density at radius 2 is 0.743 bits per heavy atom. The lowest BCUT2D eigenvalue weighted by atomic mass is 9.76. The summed E-state index contributed by atoms with van der Waals surface area (Å²) >= 11 is 0. The zero-order valence-corrected chi connectivity index (χ0v) is 20.8. The van der Waals surface area contributed by atoms with Crippen LogP contribution >= 0.6 is 0 Å². The van der Waals surface area contributed by atoms with Gasteiger partial charge >= 0.3 is 0 Å². The third-order valence-corrected chi connectivity index (χ3v) is 7.76. The fourth-order valence-corrected chi connectivity index (χ4v) is 5.86. The van der Waals surface area contributed by atoms with Gasteiger partial charge in [-0.1, -0.05) is 144 Å². The van der Waals surface area contributed by atoms with Crippen molar-refractivity contribution >= 4 is 12.2 Å². The molecule has 6 rings (SSSR count). The molecule has 0 heterocycles. The quantitative estimate of drug-likeness (QED) is 0.246. The highest BCUT2D eigenvalue weighted by atomic mass is 14.3. The second kappa shape index (κ2) is 9.70. The molecule has 4 aromatic carbocycles. The molecule has 4 aromatic rings. The van der Waals surface area contributed by atoms with Gasteiger partial charge in [-0.2, -0.15) is 0 Å². The summed E-state index contributed by atoms with van der Waals surface area (Å²) in [6.45, 7) is 9.29. The van der Waals surface area contributed by atoms with Crippen LogP contribution in [0, 0.1) is 0 Å². The molecule has 0 unspecified atom stereocenters. The summed E-state index contributed by atoms with van der Waals surface area (Å²) in [5.74, 6) is 0. The van der Waals surface area contributed by atoms with Crippen LogP contribution in [0.4, 0.5) is 0 Å². The molecule has 2 aliphatic carbocycles. The SMILES string of the molecule is C.CC1(C)c2ccccc2C=Cc2ccccc21.CC1(C)c2ccccc2CCc2ccccc21. The molecule has 0 saturated carbocycles.